The number of nitrogens with zero attached hydrogens (tertiary/aromatic N) is 6. The minimum atomic E-state index is 0.285. The lowest BCUT2D eigenvalue weighted by Gasteiger charge is -2.37. The topological polar surface area (TPSA) is 59.3 Å². The van der Waals surface area contributed by atoms with Crippen LogP contribution in [0.5, 0.6) is 0 Å². The van der Waals surface area contributed by atoms with Crippen molar-refractivity contribution in [1.29, 1.82) is 0 Å². The fourth-order valence-corrected chi connectivity index (χ4v) is 3.64. The maximum absolute atomic E-state index is 6.17. The molecule has 2 aromatic heterocycles. The van der Waals surface area contributed by atoms with Gasteiger partial charge in [0.25, 0.3) is 0 Å². The van der Waals surface area contributed by atoms with Crippen LogP contribution in [-0.2, 0) is 18.3 Å². The zero-order valence-electron chi connectivity index (χ0n) is 14.1. The van der Waals surface area contributed by atoms with E-state index in [-0.39, 0.29) is 6.10 Å². The van der Waals surface area contributed by atoms with Crippen molar-refractivity contribution in [3.63, 3.8) is 0 Å². The molecular weight excluding hydrogens is 304 g/mol. The van der Waals surface area contributed by atoms with Crippen LogP contribution >= 0.6 is 0 Å². The van der Waals surface area contributed by atoms with Crippen molar-refractivity contribution in [2.24, 2.45) is 13.0 Å². The van der Waals surface area contributed by atoms with Crippen LogP contribution in [0, 0.1) is 5.92 Å². The molecule has 0 radical (unpaired) electrons. The molecule has 0 N–H and O–H groups in total. The van der Waals surface area contributed by atoms with Crippen LogP contribution in [0.15, 0.2) is 30.9 Å². The largest absolute Gasteiger partial charge is 0.375 e. The van der Waals surface area contributed by atoms with Gasteiger partial charge < -0.3 is 14.2 Å². The van der Waals surface area contributed by atoms with Crippen molar-refractivity contribution >= 4 is 5.95 Å². The Morgan fingerprint density at radius 2 is 2.00 bits per heavy atom. The van der Waals surface area contributed by atoms with Gasteiger partial charge in [0, 0.05) is 57.4 Å². The molecule has 7 heteroatoms. The van der Waals surface area contributed by atoms with Crippen molar-refractivity contribution in [1.82, 2.24) is 24.4 Å². The fourth-order valence-electron chi connectivity index (χ4n) is 3.64. The molecule has 4 rings (SSSR count). The van der Waals surface area contributed by atoms with Crippen molar-refractivity contribution in [2.75, 3.05) is 37.7 Å². The molecule has 2 saturated heterocycles. The van der Waals surface area contributed by atoms with Gasteiger partial charge in [-0.25, -0.2) is 15.0 Å². The smallest absolute Gasteiger partial charge is 0.225 e. The number of anilines is 1. The summed E-state index contributed by atoms with van der Waals surface area (Å²) in [6.07, 6.45) is 8.90. The van der Waals surface area contributed by atoms with Gasteiger partial charge in [-0.1, -0.05) is 0 Å². The van der Waals surface area contributed by atoms with Crippen molar-refractivity contribution in [3.05, 3.63) is 36.7 Å². The third kappa shape index (κ3) is 3.27. The van der Waals surface area contributed by atoms with Crippen LogP contribution in [-0.4, -0.2) is 63.3 Å². The molecule has 4 heterocycles. The quantitative estimate of drug-likeness (QED) is 0.836. The monoisotopic (exact) mass is 328 g/mol. The first-order chi connectivity index (χ1) is 11.8. The summed E-state index contributed by atoms with van der Waals surface area (Å²) < 4.78 is 8.26. The molecule has 0 bridgehead atoms. The second kappa shape index (κ2) is 6.86. The Morgan fingerprint density at radius 1 is 1.12 bits per heavy atom. The minimum Gasteiger partial charge on any atom is -0.375 e. The molecule has 128 valence electrons. The van der Waals surface area contributed by atoms with E-state index in [4.69, 9.17) is 4.74 Å². The van der Waals surface area contributed by atoms with E-state index in [0.717, 1.165) is 57.5 Å². The van der Waals surface area contributed by atoms with Gasteiger partial charge in [0.05, 0.1) is 19.3 Å². The highest BCUT2D eigenvalue weighted by molar-refractivity contribution is 5.29. The van der Waals surface area contributed by atoms with Crippen molar-refractivity contribution in [3.8, 4) is 0 Å². The average Bonchev–Trinajstić information content (AvgIpc) is 2.90. The lowest BCUT2D eigenvalue weighted by Crippen LogP contribution is -2.46. The number of rotatable bonds is 3. The van der Waals surface area contributed by atoms with Gasteiger partial charge in [0.1, 0.15) is 5.82 Å². The molecule has 0 aliphatic carbocycles. The number of aryl methyl sites for hydroxylation is 1. The molecule has 7 nitrogen and oxygen atoms in total. The molecule has 2 unspecified atom stereocenters. The van der Waals surface area contributed by atoms with E-state index < -0.39 is 0 Å². The van der Waals surface area contributed by atoms with Crippen LogP contribution in [0.1, 0.15) is 12.2 Å². The lowest BCUT2D eigenvalue weighted by atomic mass is 9.93. The first kappa shape index (κ1) is 15.5. The molecule has 0 saturated carbocycles. The van der Waals surface area contributed by atoms with E-state index >= 15 is 0 Å². The fraction of sp³-hybridized carbons (Fsp3) is 0.588. The number of likely N-dealkylation sites (tertiary alicyclic amines) is 1. The number of hydrogen-bond donors (Lipinski definition) is 0. The molecule has 2 aromatic rings. The van der Waals surface area contributed by atoms with Gasteiger partial charge in [-0.2, -0.15) is 0 Å². The Morgan fingerprint density at radius 3 is 2.79 bits per heavy atom. The summed E-state index contributed by atoms with van der Waals surface area (Å²) in [5, 5.41) is 0. The highest BCUT2D eigenvalue weighted by Crippen LogP contribution is 2.26. The molecule has 2 atom stereocenters. The zero-order valence-corrected chi connectivity index (χ0v) is 14.1. The number of imidazole rings is 1. The number of fused-ring (bicyclic) bond motifs is 1. The van der Waals surface area contributed by atoms with E-state index in [9.17, 15) is 0 Å². The summed E-state index contributed by atoms with van der Waals surface area (Å²) in [5.74, 6) is 2.47. The standard InChI is InChI=1S/C17H24N6O/c1-21-8-6-18-16(21)13-22-7-3-14-11-23(9-10-24-15(14)12-22)17-19-4-2-5-20-17/h2,4-6,8,14-15H,3,7,9-13H2,1H3. The average molecular weight is 328 g/mol. The number of ether oxygens (including phenoxy) is 1. The first-order valence-corrected chi connectivity index (χ1v) is 8.62. The second-order valence-electron chi connectivity index (χ2n) is 6.64. The Bertz CT molecular complexity index is 660. The summed E-state index contributed by atoms with van der Waals surface area (Å²) in [4.78, 5) is 17.9. The highest BCUT2D eigenvalue weighted by Gasteiger charge is 2.34. The Balaban J connectivity index is 1.40. The molecule has 2 aliphatic rings. The molecule has 0 spiro atoms. The molecular formula is C17H24N6O. The van der Waals surface area contributed by atoms with Crippen molar-refractivity contribution in [2.45, 2.75) is 19.1 Å². The summed E-state index contributed by atoms with van der Waals surface area (Å²) in [7, 11) is 2.05. The van der Waals surface area contributed by atoms with Crippen molar-refractivity contribution < 1.29 is 4.74 Å². The predicted molar refractivity (Wildman–Crippen MR) is 90.6 cm³/mol. The molecule has 0 amide bonds. The molecule has 0 aromatic carbocycles. The predicted octanol–water partition coefficient (Wildman–Crippen LogP) is 0.937. The second-order valence-corrected chi connectivity index (χ2v) is 6.64. The van der Waals surface area contributed by atoms with E-state index in [2.05, 4.69) is 36.4 Å². The Hall–Kier alpha value is -1.99. The van der Waals surface area contributed by atoms with E-state index in [1.165, 1.54) is 0 Å². The summed E-state index contributed by atoms with van der Waals surface area (Å²) in [6.45, 7) is 5.51. The van der Waals surface area contributed by atoms with E-state index in [1.807, 2.05) is 18.5 Å². The molecule has 2 aliphatic heterocycles. The lowest BCUT2D eigenvalue weighted by molar-refractivity contribution is -0.0246. The summed E-state index contributed by atoms with van der Waals surface area (Å²) in [6, 6.07) is 1.86. The van der Waals surface area contributed by atoms with Gasteiger partial charge in [-0.3, -0.25) is 4.90 Å². The SMILES string of the molecule is Cn1ccnc1CN1CCC2CN(c3ncccn3)CCOC2C1. The van der Waals surface area contributed by atoms with Gasteiger partial charge in [0.15, 0.2) is 0 Å². The van der Waals surface area contributed by atoms with E-state index in [0.29, 0.717) is 5.92 Å². The first-order valence-electron chi connectivity index (χ1n) is 8.62. The maximum Gasteiger partial charge on any atom is 0.225 e. The van der Waals surface area contributed by atoms with Gasteiger partial charge in [0.2, 0.25) is 5.95 Å². The number of piperidine rings is 1. The number of aromatic nitrogens is 4. The Kier molecular flexibility index (Phi) is 4.44. The number of hydrogen-bond acceptors (Lipinski definition) is 6. The Labute approximate surface area is 142 Å². The van der Waals surface area contributed by atoms with Crippen LogP contribution in [0.3, 0.4) is 0 Å². The normalized spacial score (nSPS) is 25.3. The third-order valence-electron chi connectivity index (χ3n) is 5.05. The molecule has 24 heavy (non-hydrogen) atoms. The summed E-state index contributed by atoms with van der Waals surface area (Å²) >= 11 is 0. The summed E-state index contributed by atoms with van der Waals surface area (Å²) in [5.41, 5.74) is 0. The zero-order chi connectivity index (χ0) is 16.4. The van der Waals surface area contributed by atoms with E-state index in [1.54, 1.807) is 12.4 Å². The minimum absolute atomic E-state index is 0.285. The van der Waals surface area contributed by atoms with Gasteiger partial charge in [-0.05, 0) is 19.0 Å². The van der Waals surface area contributed by atoms with Gasteiger partial charge >= 0.3 is 0 Å². The third-order valence-corrected chi connectivity index (χ3v) is 5.05. The highest BCUT2D eigenvalue weighted by atomic mass is 16.5. The van der Waals surface area contributed by atoms with Crippen LogP contribution in [0.2, 0.25) is 0 Å². The maximum atomic E-state index is 6.17. The van der Waals surface area contributed by atoms with Crippen LogP contribution in [0.4, 0.5) is 5.95 Å². The molecule has 2 fully saturated rings. The van der Waals surface area contributed by atoms with Gasteiger partial charge in [-0.15, -0.1) is 0 Å². The van der Waals surface area contributed by atoms with Crippen LogP contribution < -0.4 is 4.90 Å². The van der Waals surface area contributed by atoms with Crippen LogP contribution in [0.25, 0.3) is 0 Å².